The molecule has 1 amide bonds. The van der Waals surface area contributed by atoms with Gasteiger partial charge in [-0.3, -0.25) is 4.79 Å². The topological polar surface area (TPSA) is 66.3 Å². The van der Waals surface area contributed by atoms with Gasteiger partial charge in [0.25, 0.3) is 5.91 Å². The number of likely N-dealkylation sites (tertiary alicyclic amines) is 1. The Morgan fingerprint density at radius 2 is 1.87 bits per heavy atom. The fourth-order valence-corrected chi connectivity index (χ4v) is 3.08. The quantitative estimate of drug-likeness (QED) is 0.939. The number of hydrogen-bond acceptors (Lipinski definition) is 4. The van der Waals surface area contributed by atoms with Gasteiger partial charge in [-0.1, -0.05) is 23.7 Å². The average molecular weight is 332 g/mol. The molecule has 1 saturated heterocycles. The minimum Gasteiger partial charge on any atom is -0.388 e. The van der Waals surface area contributed by atoms with E-state index in [0.29, 0.717) is 23.7 Å². The number of hydrogen-bond donors (Lipinski definition) is 1. The molecule has 3 rings (SSSR count). The van der Waals surface area contributed by atoms with Crippen LogP contribution in [0.2, 0.25) is 5.02 Å². The fourth-order valence-electron chi connectivity index (χ4n) is 2.95. The second kappa shape index (κ2) is 7.06. The Labute approximate surface area is 139 Å². The van der Waals surface area contributed by atoms with Crippen LogP contribution in [0.5, 0.6) is 0 Å². The number of aromatic nitrogens is 2. The van der Waals surface area contributed by atoms with Crippen molar-refractivity contribution in [3.05, 3.63) is 58.9 Å². The van der Waals surface area contributed by atoms with Gasteiger partial charge in [-0.15, -0.1) is 0 Å². The van der Waals surface area contributed by atoms with Crippen LogP contribution in [0.3, 0.4) is 0 Å². The van der Waals surface area contributed by atoms with Crippen LogP contribution in [-0.4, -0.2) is 39.2 Å². The number of halogens is 1. The Kier molecular flexibility index (Phi) is 4.88. The zero-order valence-electron chi connectivity index (χ0n) is 12.6. The fraction of sp³-hybridized carbons (Fsp3) is 0.353. The van der Waals surface area contributed by atoms with Gasteiger partial charge < -0.3 is 10.0 Å². The second-order valence-corrected chi connectivity index (χ2v) is 6.19. The molecule has 1 fully saturated rings. The van der Waals surface area contributed by atoms with Gasteiger partial charge >= 0.3 is 0 Å². The van der Waals surface area contributed by atoms with Crippen LogP contribution < -0.4 is 0 Å². The summed E-state index contributed by atoms with van der Waals surface area (Å²) >= 11 is 5.88. The summed E-state index contributed by atoms with van der Waals surface area (Å²) in [7, 11) is 0. The summed E-state index contributed by atoms with van der Waals surface area (Å²) in [4.78, 5) is 14.2. The first-order valence-corrected chi connectivity index (χ1v) is 8.02. The van der Waals surface area contributed by atoms with E-state index in [1.165, 1.54) is 12.4 Å². The lowest BCUT2D eigenvalue weighted by Gasteiger charge is -2.34. The molecule has 0 radical (unpaired) electrons. The van der Waals surface area contributed by atoms with Crippen LogP contribution in [0.15, 0.2) is 42.7 Å². The van der Waals surface area contributed by atoms with E-state index in [9.17, 15) is 9.90 Å². The van der Waals surface area contributed by atoms with Gasteiger partial charge in [0.2, 0.25) is 0 Å². The first-order chi connectivity index (χ1) is 11.1. The number of rotatable bonds is 3. The monoisotopic (exact) mass is 331 g/mol. The number of benzene rings is 1. The van der Waals surface area contributed by atoms with Crippen molar-refractivity contribution < 1.29 is 9.90 Å². The van der Waals surface area contributed by atoms with Crippen molar-refractivity contribution in [3.8, 4) is 0 Å². The van der Waals surface area contributed by atoms with E-state index in [4.69, 9.17) is 11.6 Å². The number of aliphatic hydroxyl groups is 1. The molecule has 1 aliphatic heterocycles. The molecule has 0 spiro atoms. The molecular formula is C17H18ClN3O2. The van der Waals surface area contributed by atoms with E-state index in [2.05, 4.69) is 10.2 Å². The molecule has 2 heterocycles. The maximum Gasteiger partial charge on any atom is 0.255 e. The number of piperidine rings is 1. The number of carbonyl (C=O) groups excluding carboxylic acids is 1. The minimum atomic E-state index is -0.521. The summed E-state index contributed by atoms with van der Waals surface area (Å²) < 4.78 is 0. The number of aliphatic hydroxyl groups excluding tert-OH is 1. The number of amides is 1. The lowest BCUT2D eigenvalue weighted by molar-refractivity contribution is 0.0462. The van der Waals surface area contributed by atoms with E-state index in [0.717, 1.165) is 18.4 Å². The molecule has 1 N–H and O–H groups in total. The first kappa shape index (κ1) is 15.9. The Balaban J connectivity index is 1.60. The second-order valence-electron chi connectivity index (χ2n) is 5.76. The van der Waals surface area contributed by atoms with Crippen molar-refractivity contribution in [3.63, 3.8) is 0 Å². The first-order valence-electron chi connectivity index (χ1n) is 7.64. The van der Waals surface area contributed by atoms with Crippen LogP contribution in [0.25, 0.3) is 0 Å². The summed E-state index contributed by atoms with van der Waals surface area (Å²) in [6.45, 7) is 1.27. The van der Waals surface area contributed by atoms with Gasteiger partial charge in [0.15, 0.2) is 0 Å². The number of nitrogens with zero attached hydrogens (tertiary/aromatic N) is 3. The summed E-state index contributed by atoms with van der Waals surface area (Å²) in [5.41, 5.74) is 1.43. The lowest BCUT2D eigenvalue weighted by Crippen LogP contribution is -2.39. The lowest BCUT2D eigenvalue weighted by atomic mass is 9.87. The zero-order chi connectivity index (χ0) is 16.2. The van der Waals surface area contributed by atoms with Crippen LogP contribution in [0.1, 0.15) is 34.9 Å². The van der Waals surface area contributed by atoms with Crippen molar-refractivity contribution in [2.24, 2.45) is 5.92 Å². The summed E-state index contributed by atoms with van der Waals surface area (Å²) in [5, 5.41) is 18.6. The van der Waals surface area contributed by atoms with Crippen molar-refractivity contribution in [2.45, 2.75) is 18.9 Å². The molecule has 0 aliphatic carbocycles. The Bertz CT molecular complexity index is 655. The Morgan fingerprint density at radius 1 is 1.17 bits per heavy atom. The van der Waals surface area contributed by atoms with Crippen molar-refractivity contribution >= 4 is 17.5 Å². The maximum absolute atomic E-state index is 12.4. The van der Waals surface area contributed by atoms with E-state index < -0.39 is 6.10 Å². The van der Waals surface area contributed by atoms with Crippen molar-refractivity contribution in [1.82, 2.24) is 15.1 Å². The van der Waals surface area contributed by atoms with Gasteiger partial charge in [-0.25, -0.2) is 0 Å². The predicted octanol–water partition coefficient (Wildman–Crippen LogP) is 2.72. The molecule has 1 aliphatic rings. The van der Waals surface area contributed by atoms with Gasteiger partial charge in [0.05, 0.1) is 24.1 Å². The van der Waals surface area contributed by atoms with E-state index in [1.807, 2.05) is 17.0 Å². The molecule has 1 atom stereocenters. The molecule has 120 valence electrons. The van der Waals surface area contributed by atoms with Crippen molar-refractivity contribution in [1.29, 1.82) is 0 Å². The molecule has 23 heavy (non-hydrogen) atoms. The maximum atomic E-state index is 12.4. The largest absolute Gasteiger partial charge is 0.388 e. The average Bonchev–Trinajstić information content (AvgIpc) is 2.62. The normalized spacial score (nSPS) is 17.0. The van der Waals surface area contributed by atoms with Crippen LogP contribution >= 0.6 is 11.6 Å². The predicted molar refractivity (Wildman–Crippen MR) is 87.1 cm³/mol. The third-order valence-corrected chi connectivity index (χ3v) is 4.57. The highest BCUT2D eigenvalue weighted by molar-refractivity contribution is 6.30. The van der Waals surface area contributed by atoms with Crippen molar-refractivity contribution in [2.75, 3.05) is 13.1 Å². The van der Waals surface area contributed by atoms with Crippen LogP contribution in [-0.2, 0) is 0 Å². The van der Waals surface area contributed by atoms with Gasteiger partial charge in [0.1, 0.15) is 0 Å². The summed E-state index contributed by atoms with van der Waals surface area (Å²) in [5.74, 6) is 0.120. The number of carbonyl (C=O) groups is 1. The standard InChI is InChI=1S/C17H18ClN3O2/c18-15-3-1-12(2-4-15)16(22)13-6-9-21(10-7-13)17(23)14-5-8-19-20-11-14/h1-5,8,11,13,16,22H,6-7,9-10H2. The van der Waals surface area contributed by atoms with Crippen LogP contribution in [0.4, 0.5) is 0 Å². The molecular weight excluding hydrogens is 314 g/mol. The molecule has 1 aromatic heterocycles. The van der Waals surface area contributed by atoms with Gasteiger partial charge in [-0.05, 0) is 42.5 Å². The molecule has 0 saturated carbocycles. The molecule has 2 aromatic rings. The van der Waals surface area contributed by atoms with E-state index >= 15 is 0 Å². The Hall–Kier alpha value is -1.98. The molecule has 1 aromatic carbocycles. The highest BCUT2D eigenvalue weighted by Crippen LogP contribution is 2.31. The molecule has 1 unspecified atom stereocenters. The SMILES string of the molecule is O=C(c1ccnnc1)N1CCC(C(O)c2ccc(Cl)cc2)CC1. The van der Waals surface area contributed by atoms with E-state index in [1.54, 1.807) is 18.2 Å². The molecule has 0 bridgehead atoms. The molecule has 5 nitrogen and oxygen atoms in total. The minimum absolute atomic E-state index is 0.0284. The zero-order valence-corrected chi connectivity index (χ0v) is 13.4. The Morgan fingerprint density at radius 3 is 2.48 bits per heavy atom. The smallest absolute Gasteiger partial charge is 0.255 e. The summed E-state index contributed by atoms with van der Waals surface area (Å²) in [6, 6.07) is 8.95. The summed E-state index contributed by atoms with van der Waals surface area (Å²) in [6.07, 6.45) is 4.02. The highest BCUT2D eigenvalue weighted by Gasteiger charge is 2.28. The third kappa shape index (κ3) is 3.68. The van der Waals surface area contributed by atoms with Gasteiger partial charge in [0, 0.05) is 18.1 Å². The highest BCUT2D eigenvalue weighted by atomic mass is 35.5. The van der Waals surface area contributed by atoms with Crippen LogP contribution in [0, 0.1) is 5.92 Å². The van der Waals surface area contributed by atoms with E-state index in [-0.39, 0.29) is 11.8 Å². The molecule has 6 heteroatoms. The third-order valence-electron chi connectivity index (χ3n) is 4.32. The van der Waals surface area contributed by atoms with Gasteiger partial charge in [-0.2, -0.15) is 10.2 Å².